The van der Waals surface area contributed by atoms with Crippen LogP contribution in [0.4, 0.5) is 0 Å². The molecule has 0 aromatic rings. The number of hydrogen-bond donors (Lipinski definition) is 2. The van der Waals surface area contributed by atoms with Gasteiger partial charge in [0.15, 0.2) is 9.84 Å². The Hall–Kier alpha value is -0.920. The van der Waals surface area contributed by atoms with E-state index in [1.807, 2.05) is 0 Å². The molecule has 0 spiro atoms. The summed E-state index contributed by atoms with van der Waals surface area (Å²) in [5.74, 6) is -0.283. The van der Waals surface area contributed by atoms with Gasteiger partial charge in [0.05, 0.1) is 11.8 Å². The number of carbonyl (C=O) groups excluding carboxylic acids is 1. The van der Waals surface area contributed by atoms with E-state index in [1.165, 1.54) is 13.2 Å². The highest BCUT2D eigenvalue weighted by Crippen LogP contribution is 2.23. The number of amides is 1. The van der Waals surface area contributed by atoms with Gasteiger partial charge < -0.3 is 15.4 Å². The Balaban J connectivity index is 2.01. The minimum Gasteiger partial charge on any atom is -0.368 e. The maximum absolute atomic E-state index is 12.2. The van der Waals surface area contributed by atoms with Crippen LogP contribution in [0.1, 0.15) is 12.8 Å². The minimum absolute atomic E-state index is 0.0587. The monoisotopic (exact) mass is 274 g/mol. The molecule has 6 nitrogen and oxygen atoms in total. The quantitative estimate of drug-likeness (QED) is 0.702. The Morgan fingerprint density at radius 3 is 2.61 bits per heavy atom. The molecule has 2 heterocycles. The zero-order valence-electron chi connectivity index (χ0n) is 10.3. The number of methoxy groups -OCH3 is 1. The van der Waals surface area contributed by atoms with Gasteiger partial charge in [0.2, 0.25) is 0 Å². The second-order valence-electron chi connectivity index (χ2n) is 4.69. The van der Waals surface area contributed by atoms with E-state index in [4.69, 9.17) is 4.74 Å². The van der Waals surface area contributed by atoms with E-state index in [1.54, 1.807) is 0 Å². The van der Waals surface area contributed by atoms with Crippen molar-refractivity contribution in [3.63, 3.8) is 0 Å². The van der Waals surface area contributed by atoms with Crippen LogP contribution in [0, 0.1) is 0 Å². The Morgan fingerprint density at radius 1 is 1.44 bits per heavy atom. The maximum Gasteiger partial charge on any atom is 0.252 e. The Bertz CT molecular complexity index is 452. The van der Waals surface area contributed by atoms with Gasteiger partial charge in [0.25, 0.3) is 5.91 Å². The molecule has 18 heavy (non-hydrogen) atoms. The third-order valence-electron chi connectivity index (χ3n) is 3.46. The summed E-state index contributed by atoms with van der Waals surface area (Å²) in [5.41, 5.74) is -0.828. The zero-order valence-corrected chi connectivity index (χ0v) is 11.1. The molecule has 2 aliphatic heterocycles. The van der Waals surface area contributed by atoms with Crippen LogP contribution >= 0.6 is 0 Å². The summed E-state index contributed by atoms with van der Waals surface area (Å²) in [6.45, 7) is 1.44. The van der Waals surface area contributed by atoms with Crippen molar-refractivity contribution < 1.29 is 17.9 Å². The zero-order chi connectivity index (χ0) is 13.2. The molecule has 0 radical (unpaired) electrons. The van der Waals surface area contributed by atoms with E-state index in [9.17, 15) is 13.2 Å². The highest BCUT2D eigenvalue weighted by molar-refractivity contribution is 7.94. The number of piperidine rings is 1. The molecule has 0 saturated carbocycles. The second-order valence-corrected chi connectivity index (χ2v) is 6.62. The van der Waals surface area contributed by atoms with Crippen molar-refractivity contribution in [1.82, 2.24) is 10.6 Å². The summed E-state index contributed by atoms with van der Waals surface area (Å²) in [7, 11) is -1.63. The van der Waals surface area contributed by atoms with E-state index in [-0.39, 0.29) is 11.7 Å². The number of hydrogen-bond acceptors (Lipinski definition) is 5. The van der Waals surface area contributed by atoms with E-state index < -0.39 is 21.5 Å². The van der Waals surface area contributed by atoms with Gasteiger partial charge in [-0.05, 0) is 32.0 Å². The maximum atomic E-state index is 12.2. The molecule has 2 N–H and O–H groups in total. The van der Waals surface area contributed by atoms with E-state index in [0.29, 0.717) is 12.8 Å². The summed E-state index contributed by atoms with van der Waals surface area (Å²) in [4.78, 5) is 12.2. The van der Waals surface area contributed by atoms with Crippen LogP contribution in [-0.4, -0.2) is 51.9 Å². The van der Waals surface area contributed by atoms with Gasteiger partial charge in [0.1, 0.15) is 5.60 Å². The largest absolute Gasteiger partial charge is 0.368 e. The van der Waals surface area contributed by atoms with Crippen molar-refractivity contribution in [2.45, 2.75) is 24.5 Å². The van der Waals surface area contributed by atoms with Crippen LogP contribution in [0.3, 0.4) is 0 Å². The number of sulfone groups is 1. The number of nitrogens with one attached hydrogen (secondary N) is 2. The Morgan fingerprint density at radius 2 is 2.11 bits per heavy atom. The van der Waals surface area contributed by atoms with Crippen molar-refractivity contribution in [2.24, 2.45) is 0 Å². The Kier molecular flexibility index (Phi) is 3.74. The van der Waals surface area contributed by atoms with Crippen molar-refractivity contribution >= 4 is 15.7 Å². The first-order valence-electron chi connectivity index (χ1n) is 5.95. The first-order valence-corrected chi connectivity index (χ1v) is 7.67. The van der Waals surface area contributed by atoms with Crippen LogP contribution in [-0.2, 0) is 19.4 Å². The third kappa shape index (κ3) is 2.73. The summed E-state index contributed by atoms with van der Waals surface area (Å²) in [5, 5.41) is 7.06. The van der Waals surface area contributed by atoms with Gasteiger partial charge in [-0.1, -0.05) is 0 Å². The summed E-state index contributed by atoms with van der Waals surface area (Å²) < 4.78 is 27.9. The van der Waals surface area contributed by atoms with Gasteiger partial charge in [0, 0.05) is 12.5 Å². The fraction of sp³-hybridized carbons (Fsp3) is 0.727. The van der Waals surface area contributed by atoms with E-state index >= 15 is 0 Å². The lowest BCUT2D eigenvalue weighted by molar-refractivity contribution is -0.147. The van der Waals surface area contributed by atoms with Crippen molar-refractivity contribution in [3.05, 3.63) is 11.5 Å². The SMILES string of the molecule is COC1(C(=O)NC2C=CS(=O)(=O)C2)CCNCC1. The molecule has 1 fully saturated rings. The van der Waals surface area contributed by atoms with E-state index in [0.717, 1.165) is 18.5 Å². The molecule has 0 aliphatic carbocycles. The normalized spacial score (nSPS) is 29.1. The molecule has 2 aliphatic rings. The molecule has 7 heteroatoms. The highest BCUT2D eigenvalue weighted by Gasteiger charge is 2.40. The van der Waals surface area contributed by atoms with Gasteiger partial charge in [-0.2, -0.15) is 0 Å². The molecule has 1 amide bonds. The lowest BCUT2D eigenvalue weighted by atomic mass is 9.91. The highest BCUT2D eigenvalue weighted by atomic mass is 32.2. The van der Waals surface area contributed by atoms with Gasteiger partial charge in [-0.15, -0.1) is 0 Å². The van der Waals surface area contributed by atoms with Crippen LogP contribution in [0.2, 0.25) is 0 Å². The molecule has 1 atom stereocenters. The van der Waals surface area contributed by atoms with Crippen molar-refractivity contribution in [3.8, 4) is 0 Å². The average molecular weight is 274 g/mol. The first kappa shape index (κ1) is 13.5. The number of rotatable bonds is 3. The minimum atomic E-state index is -3.15. The molecule has 0 aromatic carbocycles. The topological polar surface area (TPSA) is 84.5 Å². The van der Waals surface area contributed by atoms with Crippen molar-refractivity contribution in [2.75, 3.05) is 26.0 Å². The summed E-state index contributed by atoms with van der Waals surface area (Å²) in [6, 6.07) is -0.440. The summed E-state index contributed by atoms with van der Waals surface area (Å²) >= 11 is 0. The van der Waals surface area contributed by atoms with Crippen LogP contribution in [0.15, 0.2) is 11.5 Å². The van der Waals surface area contributed by atoms with E-state index in [2.05, 4.69) is 10.6 Å². The molecule has 1 saturated heterocycles. The molecular weight excluding hydrogens is 256 g/mol. The first-order chi connectivity index (χ1) is 8.47. The molecule has 102 valence electrons. The van der Waals surface area contributed by atoms with Gasteiger partial charge in [-0.3, -0.25) is 4.79 Å². The standard InChI is InChI=1S/C11H18N2O4S/c1-17-11(3-5-12-6-4-11)10(14)13-9-2-7-18(15,16)8-9/h2,7,9,12H,3-6,8H2,1H3,(H,13,14). The van der Waals surface area contributed by atoms with Crippen LogP contribution < -0.4 is 10.6 Å². The van der Waals surface area contributed by atoms with Crippen LogP contribution in [0.25, 0.3) is 0 Å². The van der Waals surface area contributed by atoms with Gasteiger partial charge >= 0.3 is 0 Å². The lowest BCUT2D eigenvalue weighted by Gasteiger charge is -2.35. The molecule has 0 aromatic heterocycles. The number of carbonyl (C=O) groups is 1. The predicted octanol–water partition coefficient (Wildman–Crippen LogP) is -0.818. The number of ether oxygens (including phenoxy) is 1. The fourth-order valence-corrected chi connectivity index (χ4v) is 3.56. The van der Waals surface area contributed by atoms with Crippen LogP contribution in [0.5, 0.6) is 0 Å². The predicted molar refractivity (Wildman–Crippen MR) is 66.7 cm³/mol. The smallest absolute Gasteiger partial charge is 0.252 e. The van der Waals surface area contributed by atoms with Crippen molar-refractivity contribution in [1.29, 1.82) is 0 Å². The third-order valence-corrected chi connectivity index (χ3v) is 4.86. The Labute approximate surface area is 107 Å². The lowest BCUT2D eigenvalue weighted by Crippen LogP contribution is -2.56. The molecule has 2 rings (SSSR count). The summed E-state index contributed by atoms with van der Waals surface area (Å²) in [6.07, 6.45) is 2.70. The molecule has 1 unspecified atom stereocenters. The molecular formula is C11H18N2O4S. The fourth-order valence-electron chi connectivity index (χ4n) is 2.32. The molecule has 0 bridgehead atoms. The second kappa shape index (κ2) is 4.99. The average Bonchev–Trinajstić information content (AvgIpc) is 2.69. The van der Waals surface area contributed by atoms with Gasteiger partial charge in [-0.25, -0.2) is 8.42 Å².